The van der Waals surface area contributed by atoms with E-state index < -0.39 is 0 Å². The second-order valence-electron chi connectivity index (χ2n) is 2.88. The van der Waals surface area contributed by atoms with Crippen molar-refractivity contribution < 1.29 is 4.74 Å². The van der Waals surface area contributed by atoms with Gasteiger partial charge in [0.1, 0.15) is 17.4 Å². The SMILES string of the molecule is CSC1=NCCOc2ccc(Br)cc21. The standard InChI is InChI=1S/C10H10BrNOS/c1-14-10-8-6-7(11)2-3-9(8)13-5-4-12-10/h2-3,6H,4-5H2,1H3. The molecule has 74 valence electrons. The third-order valence-corrected chi connectivity index (χ3v) is 3.20. The van der Waals surface area contributed by atoms with Gasteiger partial charge in [-0.25, -0.2) is 0 Å². The van der Waals surface area contributed by atoms with Gasteiger partial charge in [0, 0.05) is 10.0 Å². The van der Waals surface area contributed by atoms with Gasteiger partial charge in [-0.2, -0.15) is 0 Å². The van der Waals surface area contributed by atoms with Crippen LogP contribution < -0.4 is 4.74 Å². The van der Waals surface area contributed by atoms with E-state index in [0.717, 1.165) is 27.4 Å². The zero-order valence-corrected chi connectivity index (χ0v) is 10.2. The Balaban J connectivity index is 2.51. The number of hydrogen-bond donors (Lipinski definition) is 0. The van der Waals surface area contributed by atoms with Gasteiger partial charge in [-0.1, -0.05) is 15.9 Å². The summed E-state index contributed by atoms with van der Waals surface area (Å²) in [7, 11) is 0. The molecular formula is C10H10BrNOS. The number of nitrogens with zero attached hydrogens (tertiary/aromatic N) is 1. The first-order chi connectivity index (χ1) is 6.81. The van der Waals surface area contributed by atoms with E-state index in [-0.39, 0.29) is 0 Å². The number of benzene rings is 1. The molecule has 0 aromatic heterocycles. The Kier molecular flexibility index (Phi) is 3.13. The molecule has 1 aliphatic heterocycles. The Morgan fingerprint density at radius 1 is 1.50 bits per heavy atom. The van der Waals surface area contributed by atoms with Gasteiger partial charge in [-0.05, 0) is 24.5 Å². The fourth-order valence-electron chi connectivity index (χ4n) is 1.36. The lowest BCUT2D eigenvalue weighted by Crippen LogP contribution is -1.99. The van der Waals surface area contributed by atoms with Gasteiger partial charge in [0.25, 0.3) is 0 Å². The molecule has 1 aromatic rings. The highest BCUT2D eigenvalue weighted by Crippen LogP contribution is 2.28. The first-order valence-corrected chi connectivity index (χ1v) is 6.34. The molecule has 2 nitrogen and oxygen atoms in total. The van der Waals surface area contributed by atoms with Gasteiger partial charge in [0.05, 0.1) is 6.54 Å². The van der Waals surface area contributed by atoms with Crippen LogP contribution in [0.1, 0.15) is 5.56 Å². The predicted octanol–water partition coefficient (Wildman–Crippen LogP) is 2.95. The van der Waals surface area contributed by atoms with E-state index in [1.54, 1.807) is 11.8 Å². The topological polar surface area (TPSA) is 21.6 Å². The number of halogens is 1. The van der Waals surface area contributed by atoms with E-state index in [4.69, 9.17) is 4.74 Å². The third-order valence-electron chi connectivity index (χ3n) is 1.97. The summed E-state index contributed by atoms with van der Waals surface area (Å²) < 4.78 is 6.65. The smallest absolute Gasteiger partial charge is 0.129 e. The number of fused-ring (bicyclic) bond motifs is 1. The first-order valence-electron chi connectivity index (χ1n) is 4.32. The van der Waals surface area contributed by atoms with Crippen molar-refractivity contribution in [1.82, 2.24) is 0 Å². The molecule has 1 aliphatic rings. The van der Waals surface area contributed by atoms with Crippen molar-refractivity contribution in [2.24, 2.45) is 4.99 Å². The summed E-state index contributed by atoms with van der Waals surface area (Å²) in [5, 5.41) is 1.05. The van der Waals surface area contributed by atoms with E-state index in [1.165, 1.54) is 0 Å². The van der Waals surface area contributed by atoms with Gasteiger partial charge in [-0.15, -0.1) is 11.8 Å². The molecule has 0 saturated carbocycles. The highest BCUT2D eigenvalue weighted by Gasteiger charge is 2.13. The molecule has 1 heterocycles. The van der Waals surface area contributed by atoms with Crippen LogP contribution in [0.15, 0.2) is 27.7 Å². The summed E-state index contributed by atoms with van der Waals surface area (Å²) in [6, 6.07) is 6.02. The fourth-order valence-corrected chi connectivity index (χ4v) is 2.32. The molecule has 14 heavy (non-hydrogen) atoms. The Morgan fingerprint density at radius 3 is 3.14 bits per heavy atom. The van der Waals surface area contributed by atoms with Crippen LogP contribution in [0.5, 0.6) is 5.75 Å². The van der Waals surface area contributed by atoms with Crippen LogP contribution in [0.25, 0.3) is 0 Å². The van der Waals surface area contributed by atoms with Crippen molar-refractivity contribution >= 4 is 32.7 Å². The number of rotatable bonds is 0. The van der Waals surface area contributed by atoms with Crippen molar-refractivity contribution in [2.45, 2.75) is 0 Å². The number of ether oxygens (including phenoxy) is 1. The Labute approximate surface area is 95.9 Å². The lowest BCUT2D eigenvalue weighted by Gasteiger charge is -2.07. The molecule has 0 atom stereocenters. The van der Waals surface area contributed by atoms with E-state index in [9.17, 15) is 0 Å². The molecule has 0 aliphatic carbocycles. The van der Waals surface area contributed by atoms with Crippen molar-refractivity contribution in [3.63, 3.8) is 0 Å². The van der Waals surface area contributed by atoms with Crippen molar-refractivity contribution in [2.75, 3.05) is 19.4 Å². The molecule has 4 heteroatoms. The fraction of sp³-hybridized carbons (Fsp3) is 0.300. The molecule has 0 radical (unpaired) electrons. The maximum Gasteiger partial charge on any atom is 0.129 e. The third kappa shape index (κ3) is 1.96. The maximum atomic E-state index is 5.59. The Bertz CT molecular complexity index is 378. The zero-order valence-electron chi connectivity index (χ0n) is 7.79. The quantitative estimate of drug-likeness (QED) is 0.724. The molecule has 0 unspecified atom stereocenters. The maximum absolute atomic E-state index is 5.59. The van der Waals surface area contributed by atoms with Crippen molar-refractivity contribution in [1.29, 1.82) is 0 Å². The van der Waals surface area contributed by atoms with E-state index in [0.29, 0.717) is 6.61 Å². The predicted molar refractivity (Wildman–Crippen MR) is 64.6 cm³/mol. The molecule has 0 spiro atoms. The second-order valence-corrected chi connectivity index (χ2v) is 4.59. The summed E-state index contributed by atoms with van der Waals surface area (Å²) in [6.45, 7) is 1.40. The van der Waals surface area contributed by atoms with Gasteiger partial charge >= 0.3 is 0 Å². The summed E-state index contributed by atoms with van der Waals surface area (Å²) in [5.41, 5.74) is 1.09. The van der Waals surface area contributed by atoms with Crippen LogP contribution >= 0.6 is 27.7 Å². The van der Waals surface area contributed by atoms with Gasteiger partial charge in [-0.3, -0.25) is 4.99 Å². The zero-order chi connectivity index (χ0) is 9.97. The normalized spacial score (nSPS) is 15.1. The minimum Gasteiger partial charge on any atom is -0.491 e. The van der Waals surface area contributed by atoms with Crippen LogP contribution in [0, 0.1) is 0 Å². The van der Waals surface area contributed by atoms with Crippen LogP contribution in [0.4, 0.5) is 0 Å². The second kappa shape index (κ2) is 4.36. The monoisotopic (exact) mass is 271 g/mol. The largest absolute Gasteiger partial charge is 0.491 e. The molecule has 0 saturated heterocycles. The number of aliphatic imine (C=N–C) groups is 1. The summed E-state index contributed by atoms with van der Waals surface area (Å²) in [6.07, 6.45) is 2.04. The van der Waals surface area contributed by atoms with Crippen LogP contribution in [0.3, 0.4) is 0 Å². The summed E-state index contributed by atoms with van der Waals surface area (Å²) >= 11 is 5.11. The van der Waals surface area contributed by atoms with E-state index in [2.05, 4.69) is 27.0 Å². The van der Waals surface area contributed by atoms with Crippen LogP contribution in [-0.2, 0) is 0 Å². The van der Waals surface area contributed by atoms with Gasteiger partial charge < -0.3 is 4.74 Å². The number of hydrogen-bond acceptors (Lipinski definition) is 3. The first kappa shape index (κ1) is 10.1. The summed E-state index contributed by atoms with van der Waals surface area (Å²) in [5.74, 6) is 0.929. The molecule has 0 N–H and O–H groups in total. The molecule has 0 bridgehead atoms. The molecular weight excluding hydrogens is 262 g/mol. The molecule has 0 amide bonds. The van der Waals surface area contributed by atoms with Crippen molar-refractivity contribution in [3.8, 4) is 5.75 Å². The number of thioether (sulfide) groups is 1. The van der Waals surface area contributed by atoms with E-state index in [1.807, 2.05) is 18.4 Å². The molecule has 2 rings (SSSR count). The lowest BCUT2D eigenvalue weighted by molar-refractivity contribution is 0.331. The van der Waals surface area contributed by atoms with E-state index >= 15 is 0 Å². The molecule has 0 fully saturated rings. The average Bonchev–Trinajstić information content (AvgIpc) is 2.39. The van der Waals surface area contributed by atoms with Crippen molar-refractivity contribution in [3.05, 3.63) is 28.2 Å². The van der Waals surface area contributed by atoms with Gasteiger partial charge in [0.2, 0.25) is 0 Å². The minimum atomic E-state index is 0.665. The Morgan fingerprint density at radius 2 is 2.36 bits per heavy atom. The van der Waals surface area contributed by atoms with Crippen LogP contribution in [0.2, 0.25) is 0 Å². The summed E-state index contributed by atoms with van der Waals surface area (Å²) in [4.78, 5) is 4.46. The Hall–Kier alpha value is -0.480. The average molecular weight is 272 g/mol. The molecule has 1 aromatic carbocycles. The highest BCUT2D eigenvalue weighted by atomic mass is 79.9. The van der Waals surface area contributed by atoms with Crippen LogP contribution in [-0.4, -0.2) is 24.5 Å². The lowest BCUT2D eigenvalue weighted by atomic mass is 10.2. The van der Waals surface area contributed by atoms with Gasteiger partial charge in [0.15, 0.2) is 0 Å². The minimum absolute atomic E-state index is 0.665. The highest BCUT2D eigenvalue weighted by molar-refractivity contribution is 9.10.